The van der Waals surface area contributed by atoms with Crippen molar-refractivity contribution in [3.05, 3.63) is 35.6 Å². The second-order valence-electron chi connectivity index (χ2n) is 11.8. The smallest absolute Gasteiger partial charge is 0.455 e. The summed E-state index contributed by atoms with van der Waals surface area (Å²) in [6.45, 7) is 11.6. The third-order valence-electron chi connectivity index (χ3n) is 8.28. The molecule has 42 heavy (non-hydrogen) atoms. The van der Waals surface area contributed by atoms with Crippen molar-refractivity contribution in [2.24, 2.45) is 11.8 Å². The lowest BCUT2D eigenvalue weighted by Crippen LogP contribution is -2.35. The standard InChI is InChI=1S/C30H48NO10P/c1-18-11-24-10-8-9-23(37-7)15-28(26-17-38-29(31-26)14-19(2)22(5)36-6)40-30(32)21(4)13-20(3)27(41-42(33,34)35)16-25(12-18)39-24/h14,17,20-25,27-28H,1,8-13,15-16H2,2-7H3,(H2,33,34,35)/b19-14+/t20-,21-,22+,23-,24+,25+,27-,28-/m0/s1. The Morgan fingerprint density at radius 1 is 1.17 bits per heavy atom. The van der Waals surface area contributed by atoms with E-state index in [1.54, 1.807) is 27.2 Å². The van der Waals surface area contributed by atoms with Gasteiger partial charge in [-0.15, -0.1) is 0 Å². The first-order valence-corrected chi connectivity index (χ1v) is 16.3. The summed E-state index contributed by atoms with van der Waals surface area (Å²) in [5.41, 5.74) is 2.46. The topological polar surface area (TPSA) is 147 Å². The van der Waals surface area contributed by atoms with Crippen LogP contribution in [0.25, 0.3) is 6.08 Å². The second kappa shape index (κ2) is 15.7. The Bertz CT molecular complexity index is 1110. The van der Waals surface area contributed by atoms with Crippen molar-refractivity contribution in [1.29, 1.82) is 0 Å². The van der Waals surface area contributed by atoms with E-state index in [-0.39, 0.29) is 36.8 Å². The van der Waals surface area contributed by atoms with Crippen LogP contribution in [0.5, 0.6) is 0 Å². The minimum atomic E-state index is -4.78. The van der Waals surface area contributed by atoms with E-state index >= 15 is 0 Å². The zero-order valence-corrected chi connectivity index (χ0v) is 26.6. The van der Waals surface area contributed by atoms with Gasteiger partial charge in [0.05, 0.1) is 36.4 Å². The molecule has 2 aliphatic rings. The molecule has 2 N–H and O–H groups in total. The average Bonchev–Trinajstić information content (AvgIpc) is 3.37. The lowest BCUT2D eigenvalue weighted by atomic mass is 9.87. The van der Waals surface area contributed by atoms with Crippen molar-refractivity contribution in [2.75, 3.05) is 14.2 Å². The third kappa shape index (κ3) is 10.7. The monoisotopic (exact) mass is 613 g/mol. The number of hydrogen-bond donors (Lipinski definition) is 2. The van der Waals surface area contributed by atoms with Crippen LogP contribution in [0, 0.1) is 11.8 Å². The van der Waals surface area contributed by atoms with Crippen LogP contribution in [0.1, 0.15) is 96.8 Å². The van der Waals surface area contributed by atoms with Gasteiger partial charge in [0.1, 0.15) is 18.1 Å². The van der Waals surface area contributed by atoms with Crippen molar-refractivity contribution < 1.29 is 47.0 Å². The Morgan fingerprint density at radius 2 is 1.88 bits per heavy atom. The number of phosphoric ester groups is 1. The van der Waals surface area contributed by atoms with Gasteiger partial charge >= 0.3 is 13.8 Å². The van der Waals surface area contributed by atoms with E-state index in [4.69, 9.17) is 27.9 Å². The number of hydrogen-bond acceptors (Lipinski definition) is 9. The number of fused-ring (bicyclic) bond motifs is 2. The van der Waals surface area contributed by atoms with Gasteiger partial charge in [0, 0.05) is 33.1 Å². The number of aromatic nitrogens is 1. The first-order chi connectivity index (χ1) is 19.8. The number of methoxy groups -OCH3 is 2. The van der Waals surface area contributed by atoms with Gasteiger partial charge in [0.25, 0.3) is 0 Å². The molecule has 2 saturated heterocycles. The van der Waals surface area contributed by atoms with Crippen molar-refractivity contribution in [2.45, 2.75) is 116 Å². The summed E-state index contributed by atoms with van der Waals surface area (Å²) < 4.78 is 46.3. The number of carbonyl (C=O) groups is 1. The van der Waals surface area contributed by atoms with Crippen LogP contribution in [0.4, 0.5) is 0 Å². The number of cyclic esters (lactones) is 1. The minimum Gasteiger partial charge on any atom is -0.455 e. The molecule has 0 unspecified atom stereocenters. The maximum Gasteiger partial charge on any atom is 0.469 e. The zero-order valence-electron chi connectivity index (χ0n) is 25.7. The number of carbonyl (C=O) groups excluding carboxylic acids is 1. The van der Waals surface area contributed by atoms with Gasteiger partial charge in [-0.05, 0) is 63.9 Å². The highest BCUT2D eigenvalue weighted by Crippen LogP contribution is 2.43. The fourth-order valence-corrected chi connectivity index (χ4v) is 6.31. The van der Waals surface area contributed by atoms with Crippen molar-refractivity contribution in [1.82, 2.24) is 4.98 Å². The first-order valence-electron chi connectivity index (χ1n) is 14.7. The Kier molecular flexibility index (Phi) is 13.0. The Hall–Kier alpha value is -1.85. The van der Waals surface area contributed by atoms with Crippen LogP contribution >= 0.6 is 7.82 Å². The van der Waals surface area contributed by atoms with Gasteiger partial charge in [-0.25, -0.2) is 9.55 Å². The van der Waals surface area contributed by atoms with Crippen molar-refractivity contribution >= 4 is 19.9 Å². The maximum atomic E-state index is 13.4. The van der Waals surface area contributed by atoms with E-state index in [1.165, 1.54) is 6.26 Å². The fraction of sp³-hybridized carbons (Fsp3) is 0.733. The molecule has 238 valence electrons. The highest BCUT2D eigenvalue weighted by molar-refractivity contribution is 7.46. The summed E-state index contributed by atoms with van der Waals surface area (Å²) in [4.78, 5) is 37.2. The summed E-state index contributed by atoms with van der Waals surface area (Å²) in [5.74, 6) is -1.02. The molecule has 1 aromatic rings. The predicted octanol–water partition coefficient (Wildman–Crippen LogP) is 5.92. The lowest BCUT2D eigenvalue weighted by molar-refractivity contribution is -0.157. The molecule has 0 aliphatic carbocycles. The molecule has 1 aromatic heterocycles. The van der Waals surface area contributed by atoms with E-state index in [9.17, 15) is 19.1 Å². The molecule has 2 bridgehead atoms. The lowest BCUT2D eigenvalue weighted by Gasteiger charge is -2.36. The maximum absolute atomic E-state index is 13.4. The summed E-state index contributed by atoms with van der Waals surface area (Å²) in [6, 6.07) is 0. The van der Waals surface area contributed by atoms with Gasteiger partial charge in [-0.3, -0.25) is 9.32 Å². The van der Waals surface area contributed by atoms with Crippen LogP contribution in [0.2, 0.25) is 0 Å². The van der Waals surface area contributed by atoms with Crippen LogP contribution in [0.3, 0.4) is 0 Å². The molecule has 0 amide bonds. The fourth-order valence-electron chi connectivity index (χ4n) is 5.67. The van der Waals surface area contributed by atoms with Crippen LogP contribution in [-0.4, -0.2) is 65.5 Å². The van der Waals surface area contributed by atoms with Crippen molar-refractivity contribution in [3.8, 4) is 0 Å². The molecule has 11 nitrogen and oxygen atoms in total. The highest BCUT2D eigenvalue weighted by Gasteiger charge is 2.36. The van der Waals surface area contributed by atoms with E-state index in [2.05, 4.69) is 11.6 Å². The van der Waals surface area contributed by atoms with Crippen LogP contribution in [0.15, 0.2) is 28.4 Å². The first kappa shape index (κ1) is 34.6. The summed E-state index contributed by atoms with van der Waals surface area (Å²) >= 11 is 0. The molecule has 2 aliphatic heterocycles. The van der Waals surface area contributed by atoms with Gasteiger partial charge in [0.2, 0.25) is 5.89 Å². The Labute approximate surface area is 249 Å². The minimum absolute atomic E-state index is 0.0529. The highest BCUT2D eigenvalue weighted by atomic mass is 31.2. The summed E-state index contributed by atoms with van der Waals surface area (Å²) in [5, 5.41) is 0. The van der Waals surface area contributed by atoms with Crippen molar-refractivity contribution in [3.63, 3.8) is 0 Å². The van der Waals surface area contributed by atoms with E-state index in [0.29, 0.717) is 37.3 Å². The quantitative estimate of drug-likeness (QED) is 0.215. The Balaban J connectivity index is 1.88. The molecule has 0 radical (unpaired) electrons. The van der Waals surface area contributed by atoms with Gasteiger partial charge in [0.15, 0.2) is 0 Å². The number of oxazole rings is 1. The molecule has 0 spiro atoms. The largest absolute Gasteiger partial charge is 0.469 e. The molecule has 12 heteroatoms. The molecule has 0 aromatic carbocycles. The molecule has 2 fully saturated rings. The zero-order chi connectivity index (χ0) is 31.0. The third-order valence-corrected chi connectivity index (χ3v) is 8.83. The number of esters is 1. The SMILES string of the molecule is C=C1C[C@H]2CCC[C@H](OC)C[C@@H](c3coc(/C=C(\C)[C@@H](C)OC)n3)OC(=O)[C@@H](C)C[C@H](C)[C@@H](OP(=O)(O)O)C[C@@H](C1)O2. The van der Waals surface area contributed by atoms with Gasteiger partial charge in [-0.2, -0.15) is 0 Å². The molecular formula is C30H48NO10P. The van der Waals surface area contributed by atoms with Crippen LogP contribution < -0.4 is 0 Å². The predicted molar refractivity (Wildman–Crippen MR) is 156 cm³/mol. The summed E-state index contributed by atoms with van der Waals surface area (Å²) in [7, 11) is -1.50. The Morgan fingerprint density at radius 3 is 2.55 bits per heavy atom. The normalized spacial score (nSPS) is 31.9. The number of nitrogens with zero attached hydrogens (tertiary/aromatic N) is 1. The molecule has 3 rings (SSSR count). The number of phosphoric acid groups is 1. The second-order valence-corrected chi connectivity index (χ2v) is 13.0. The molecule has 3 heterocycles. The van der Waals surface area contributed by atoms with Gasteiger partial charge < -0.3 is 33.2 Å². The van der Waals surface area contributed by atoms with E-state index in [0.717, 1.165) is 30.4 Å². The average molecular weight is 614 g/mol. The van der Waals surface area contributed by atoms with E-state index in [1.807, 2.05) is 20.8 Å². The summed E-state index contributed by atoms with van der Waals surface area (Å²) in [6.07, 6.45) is 5.71. The molecule has 8 atom stereocenters. The van der Waals surface area contributed by atoms with E-state index < -0.39 is 31.9 Å². The number of rotatable bonds is 7. The number of ether oxygens (including phenoxy) is 4. The molecule has 0 saturated carbocycles. The van der Waals surface area contributed by atoms with Gasteiger partial charge in [-0.1, -0.05) is 26.0 Å². The molecular weight excluding hydrogens is 565 g/mol. The van der Waals surface area contributed by atoms with Crippen LogP contribution in [-0.2, 0) is 32.8 Å².